The van der Waals surface area contributed by atoms with Crippen LogP contribution in [-0.4, -0.2) is 27.6 Å². The highest BCUT2D eigenvalue weighted by Crippen LogP contribution is 2.35. The SMILES string of the molecule is O=C(c1ccc(O)c(O)c1)c1cc2c(s1)C(=O)c1ccccc1C2=O. The van der Waals surface area contributed by atoms with Crippen molar-refractivity contribution in [3.8, 4) is 11.5 Å². The van der Waals surface area contributed by atoms with Gasteiger partial charge >= 0.3 is 0 Å². The molecule has 0 bridgehead atoms. The van der Waals surface area contributed by atoms with Crippen LogP contribution in [0.25, 0.3) is 0 Å². The van der Waals surface area contributed by atoms with Crippen molar-refractivity contribution < 1.29 is 24.6 Å². The number of rotatable bonds is 2. The summed E-state index contributed by atoms with van der Waals surface area (Å²) in [6, 6.07) is 11.7. The molecule has 1 heterocycles. The molecule has 2 N–H and O–H groups in total. The van der Waals surface area contributed by atoms with Crippen molar-refractivity contribution in [3.05, 3.63) is 80.5 Å². The second-order valence-electron chi connectivity index (χ2n) is 5.59. The number of carbonyl (C=O) groups excluding carboxylic acids is 3. The van der Waals surface area contributed by atoms with Crippen molar-refractivity contribution in [2.24, 2.45) is 0 Å². The maximum absolute atomic E-state index is 12.6. The average Bonchev–Trinajstić information content (AvgIpc) is 3.07. The van der Waals surface area contributed by atoms with Gasteiger partial charge in [0.05, 0.1) is 9.75 Å². The first kappa shape index (κ1) is 15.3. The minimum atomic E-state index is -0.431. The summed E-state index contributed by atoms with van der Waals surface area (Å²) < 4.78 is 0. The normalized spacial score (nSPS) is 12.6. The molecule has 0 amide bonds. The summed E-state index contributed by atoms with van der Waals surface area (Å²) in [5, 5.41) is 18.9. The second kappa shape index (κ2) is 5.39. The van der Waals surface area contributed by atoms with Crippen LogP contribution in [0.1, 0.15) is 46.4 Å². The lowest BCUT2D eigenvalue weighted by Crippen LogP contribution is -2.18. The fourth-order valence-corrected chi connectivity index (χ4v) is 3.87. The highest BCUT2D eigenvalue weighted by molar-refractivity contribution is 7.17. The number of phenols is 2. The summed E-state index contributed by atoms with van der Waals surface area (Å²) >= 11 is 0.960. The lowest BCUT2D eigenvalue weighted by Gasteiger charge is -2.12. The maximum atomic E-state index is 12.6. The first-order valence-corrected chi connectivity index (χ1v) is 8.18. The van der Waals surface area contributed by atoms with Crippen molar-refractivity contribution in [3.63, 3.8) is 0 Å². The Hall–Kier alpha value is -3.25. The summed E-state index contributed by atoms with van der Waals surface area (Å²) in [4.78, 5) is 38.3. The van der Waals surface area contributed by atoms with Gasteiger partial charge in [0.1, 0.15) is 0 Å². The van der Waals surface area contributed by atoms with Crippen LogP contribution < -0.4 is 0 Å². The molecule has 2 aromatic carbocycles. The van der Waals surface area contributed by atoms with E-state index in [0.717, 1.165) is 17.4 Å². The number of hydrogen-bond acceptors (Lipinski definition) is 6. The van der Waals surface area contributed by atoms with Crippen molar-refractivity contribution in [1.82, 2.24) is 0 Å². The summed E-state index contributed by atoms with van der Waals surface area (Å²) in [5.74, 6) is -1.73. The number of fused-ring (bicyclic) bond motifs is 2. The molecular formula is C19H10O5S. The van der Waals surface area contributed by atoms with Crippen molar-refractivity contribution in [1.29, 1.82) is 0 Å². The van der Waals surface area contributed by atoms with Crippen molar-refractivity contribution >= 4 is 28.7 Å². The van der Waals surface area contributed by atoms with Gasteiger partial charge in [-0.25, -0.2) is 0 Å². The molecule has 0 radical (unpaired) electrons. The molecule has 25 heavy (non-hydrogen) atoms. The third-order valence-electron chi connectivity index (χ3n) is 4.06. The van der Waals surface area contributed by atoms with Crippen molar-refractivity contribution in [2.45, 2.75) is 0 Å². The van der Waals surface area contributed by atoms with Gasteiger partial charge < -0.3 is 10.2 Å². The largest absolute Gasteiger partial charge is 0.504 e. The van der Waals surface area contributed by atoms with E-state index in [-0.39, 0.29) is 38.2 Å². The molecule has 0 aliphatic heterocycles. The molecule has 0 saturated carbocycles. The van der Waals surface area contributed by atoms with Crippen LogP contribution in [-0.2, 0) is 0 Å². The average molecular weight is 350 g/mol. The van der Waals surface area contributed by atoms with Crippen LogP contribution in [0.4, 0.5) is 0 Å². The predicted molar refractivity (Wildman–Crippen MR) is 90.8 cm³/mol. The van der Waals surface area contributed by atoms with E-state index in [2.05, 4.69) is 0 Å². The lowest BCUT2D eigenvalue weighted by molar-refractivity contribution is 0.0982. The molecule has 6 heteroatoms. The Bertz CT molecular complexity index is 1020. The van der Waals surface area contributed by atoms with E-state index in [1.54, 1.807) is 24.3 Å². The summed E-state index contributed by atoms with van der Waals surface area (Å²) in [5.41, 5.74) is 1.05. The molecule has 122 valence electrons. The van der Waals surface area contributed by atoms with Gasteiger partial charge in [0, 0.05) is 22.3 Å². The van der Waals surface area contributed by atoms with Gasteiger partial charge in [-0.15, -0.1) is 11.3 Å². The van der Waals surface area contributed by atoms with E-state index in [0.29, 0.717) is 11.1 Å². The van der Waals surface area contributed by atoms with E-state index in [1.165, 1.54) is 18.2 Å². The molecule has 3 aromatic rings. The molecule has 0 spiro atoms. The molecule has 1 aliphatic carbocycles. The lowest BCUT2D eigenvalue weighted by atomic mass is 9.89. The number of ketones is 3. The monoisotopic (exact) mass is 350 g/mol. The Morgan fingerprint density at radius 1 is 0.800 bits per heavy atom. The molecule has 1 aliphatic rings. The smallest absolute Gasteiger partial charge is 0.204 e. The number of phenolic OH excluding ortho intramolecular Hbond substituents is 2. The minimum absolute atomic E-state index is 0.159. The van der Waals surface area contributed by atoms with E-state index < -0.39 is 11.5 Å². The zero-order valence-electron chi connectivity index (χ0n) is 12.6. The standard InChI is InChI=1S/C19H10O5S/c20-13-6-5-9(7-14(13)21)16(22)15-8-12-17(23)10-3-1-2-4-11(10)18(24)19(12)25-15/h1-8,20-21H. The van der Waals surface area contributed by atoms with E-state index in [9.17, 15) is 24.6 Å². The van der Waals surface area contributed by atoms with Gasteiger partial charge in [-0.3, -0.25) is 14.4 Å². The Balaban J connectivity index is 1.80. The second-order valence-corrected chi connectivity index (χ2v) is 6.64. The molecule has 0 unspecified atom stereocenters. The van der Waals surface area contributed by atoms with Gasteiger partial charge in [-0.1, -0.05) is 24.3 Å². The summed E-state index contributed by atoms with van der Waals surface area (Å²) in [7, 11) is 0. The molecule has 0 saturated heterocycles. The van der Waals surface area contributed by atoms with Crippen LogP contribution in [0.15, 0.2) is 48.5 Å². The number of carbonyl (C=O) groups is 3. The van der Waals surface area contributed by atoms with E-state index in [1.807, 2.05) is 0 Å². The molecule has 1 aromatic heterocycles. The number of aromatic hydroxyl groups is 2. The third-order valence-corrected chi connectivity index (χ3v) is 5.19. The van der Waals surface area contributed by atoms with Gasteiger partial charge in [-0.05, 0) is 24.3 Å². The van der Waals surface area contributed by atoms with Gasteiger partial charge in [-0.2, -0.15) is 0 Å². The van der Waals surface area contributed by atoms with Gasteiger partial charge in [0.15, 0.2) is 17.3 Å². The van der Waals surface area contributed by atoms with Crippen LogP contribution in [0.3, 0.4) is 0 Å². The number of hydrogen-bond donors (Lipinski definition) is 2. The van der Waals surface area contributed by atoms with Gasteiger partial charge in [0.2, 0.25) is 11.6 Å². The van der Waals surface area contributed by atoms with Gasteiger partial charge in [0.25, 0.3) is 0 Å². The molecule has 0 atom stereocenters. The Labute approximate surface area is 145 Å². The van der Waals surface area contributed by atoms with Crippen LogP contribution >= 0.6 is 11.3 Å². The molecule has 5 nitrogen and oxygen atoms in total. The molecule has 4 rings (SSSR count). The van der Waals surface area contributed by atoms with E-state index >= 15 is 0 Å². The van der Waals surface area contributed by atoms with Crippen molar-refractivity contribution in [2.75, 3.05) is 0 Å². The van der Waals surface area contributed by atoms with E-state index in [4.69, 9.17) is 0 Å². The number of thiophene rings is 1. The Morgan fingerprint density at radius 2 is 1.48 bits per heavy atom. The molecule has 0 fully saturated rings. The summed E-state index contributed by atoms with van der Waals surface area (Å²) in [6.45, 7) is 0. The zero-order valence-corrected chi connectivity index (χ0v) is 13.5. The highest BCUT2D eigenvalue weighted by atomic mass is 32.1. The topological polar surface area (TPSA) is 91.7 Å². The third kappa shape index (κ3) is 2.27. The first-order chi connectivity index (χ1) is 12.0. The van der Waals surface area contributed by atoms with Crippen LogP contribution in [0.2, 0.25) is 0 Å². The molecular weight excluding hydrogens is 340 g/mol. The fraction of sp³-hybridized carbons (Fsp3) is 0. The maximum Gasteiger partial charge on any atom is 0.204 e. The zero-order chi connectivity index (χ0) is 17.7. The highest BCUT2D eigenvalue weighted by Gasteiger charge is 2.32. The van der Waals surface area contributed by atoms with Crippen LogP contribution in [0, 0.1) is 0 Å². The predicted octanol–water partition coefficient (Wildman–Crippen LogP) is 3.17. The number of benzene rings is 2. The Kier molecular flexibility index (Phi) is 3.30. The fourth-order valence-electron chi connectivity index (χ4n) is 2.79. The van der Waals surface area contributed by atoms with Crippen LogP contribution in [0.5, 0.6) is 11.5 Å². The summed E-state index contributed by atoms with van der Waals surface area (Å²) in [6.07, 6.45) is 0. The Morgan fingerprint density at radius 3 is 2.16 bits per heavy atom. The minimum Gasteiger partial charge on any atom is -0.504 e. The first-order valence-electron chi connectivity index (χ1n) is 7.36. The quantitative estimate of drug-likeness (QED) is 0.428.